The van der Waals surface area contributed by atoms with Crippen molar-refractivity contribution in [1.29, 1.82) is 0 Å². The SMILES string of the molecule is CC(C)SC[Se]c1ccc(C(N)=O)cc1Br. The standard InChI is InChI=1S/C11H14BrNOSSe/c1-7(2)15-6-16-10-4-3-8(11(13)14)5-9(10)12/h3-5,7H,6H2,1-2H3,(H2,13,14). The van der Waals surface area contributed by atoms with Crippen LogP contribution in [0.15, 0.2) is 22.7 Å². The van der Waals surface area contributed by atoms with E-state index in [1.165, 1.54) is 4.46 Å². The summed E-state index contributed by atoms with van der Waals surface area (Å²) >= 11 is 5.88. The molecule has 2 N–H and O–H groups in total. The van der Waals surface area contributed by atoms with Gasteiger partial charge in [0.05, 0.1) is 0 Å². The van der Waals surface area contributed by atoms with Crippen LogP contribution in [0.2, 0.25) is 0 Å². The minimum absolute atomic E-state index is 0.378. The van der Waals surface area contributed by atoms with E-state index in [0.29, 0.717) is 25.8 Å². The first-order valence-electron chi connectivity index (χ1n) is 4.84. The van der Waals surface area contributed by atoms with Crippen molar-refractivity contribution in [2.45, 2.75) is 19.1 Å². The Kier molecular flexibility index (Phi) is 5.90. The molecular formula is C11H14BrNOSSe. The topological polar surface area (TPSA) is 43.1 Å². The van der Waals surface area contributed by atoms with Crippen LogP contribution in [0, 0.1) is 0 Å². The summed E-state index contributed by atoms with van der Waals surface area (Å²) in [6.07, 6.45) is 0. The fraction of sp³-hybridized carbons (Fsp3) is 0.364. The van der Waals surface area contributed by atoms with Crippen molar-refractivity contribution in [3.8, 4) is 0 Å². The van der Waals surface area contributed by atoms with Crippen LogP contribution in [-0.4, -0.2) is 30.8 Å². The zero-order valence-electron chi connectivity index (χ0n) is 9.20. The van der Waals surface area contributed by atoms with E-state index in [0.717, 1.165) is 9.12 Å². The Morgan fingerprint density at radius 1 is 1.56 bits per heavy atom. The van der Waals surface area contributed by atoms with E-state index in [2.05, 4.69) is 29.8 Å². The van der Waals surface area contributed by atoms with Gasteiger partial charge in [0, 0.05) is 0 Å². The number of halogens is 1. The summed E-state index contributed by atoms with van der Waals surface area (Å²) in [6, 6.07) is 5.59. The van der Waals surface area contributed by atoms with Crippen LogP contribution in [-0.2, 0) is 0 Å². The van der Waals surface area contributed by atoms with Gasteiger partial charge in [0.2, 0.25) is 0 Å². The summed E-state index contributed by atoms with van der Waals surface area (Å²) in [7, 11) is 0. The third kappa shape index (κ3) is 4.50. The number of nitrogens with two attached hydrogens (primary N) is 1. The number of hydrogen-bond donors (Lipinski definition) is 1. The van der Waals surface area contributed by atoms with Crippen LogP contribution in [0.25, 0.3) is 0 Å². The quantitative estimate of drug-likeness (QED) is 0.809. The van der Waals surface area contributed by atoms with Gasteiger partial charge < -0.3 is 0 Å². The van der Waals surface area contributed by atoms with Crippen molar-refractivity contribution in [3.05, 3.63) is 28.2 Å². The Balaban J connectivity index is 2.64. The fourth-order valence-corrected chi connectivity index (χ4v) is 6.14. The van der Waals surface area contributed by atoms with Gasteiger partial charge in [0.15, 0.2) is 0 Å². The maximum atomic E-state index is 11.0. The number of carbonyl (C=O) groups excluding carboxylic acids is 1. The average molecular weight is 367 g/mol. The maximum absolute atomic E-state index is 11.0. The second-order valence-corrected chi connectivity index (χ2v) is 8.87. The van der Waals surface area contributed by atoms with Crippen LogP contribution in [0.4, 0.5) is 0 Å². The molecule has 0 atom stereocenters. The Hall–Kier alpha value is 0.0395. The Morgan fingerprint density at radius 2 is 2.25 bits per heavy atom. The van der Waals surface area contributed by atoms with Crippen molar-refractivity contribution < 1.29 is 4.79 Å². The number of thioether (sulfide) groups is 1. The van der Waals surface area contributed by atoms with Crippen LogP contribution >= 0.6 is 27.7 Å². The van der Waals surface area contributed by atoms with E-state index in [1.54, 1.807) is 12.1 Å². The fourth-order valence-electron chi connectivity index (χ4n) is 1.00. The molecule has 0 unspecified atom stereocenters. The van der Waals surface area contributed by atoms with Crippen molar-refractivity contribution in [3.63, 3.8) is 0 Å². The third-order valence-corrected chi connectivity index (χ3v) is 7.00. The Labute approximate surface area is 115 Å². The molecule has 0 radical (unpaired) electrons. The first kappa shape index (κ1) is 14.1. The predicted molar refractivity (Wildman–Crippen MR) is 75.6 cm³/mol. The molecule has 88 valence electrons. The molecule has 1 aromatic rings. The van der Waals surface area contributed by atoms with Gasteiger partial charge in [-0.25, -0.2) is 0 Å². The number of amides is 1. The molecule has 0 aliphatic heterocycles. The molecule has 0 saturated heterocycles. The van der Waals surface area contributed by atoms with Gasteiger partial charge in [-0.05, 0) is 0 Å². The summed E-state index contributed by atoms with van der Waals surface area (Å²) in [6.45, 7) is 4.40. The van der Waals surface area contributed by atoms with Crippen molar-refractivity contribution in [2.24, 2.45) is 5.73 Å². The van der Waals surface area contributed by atoms with E-state index in [9.17, 15) is 4.79 Å². The summed E-state index contributed by atoms with van der Waals surface area (Å²) < 4.78 is 3.43. The molecule has 1 aromatic carbocycles. The van der Waals surface area contributed by atoms with Crippen LogP contribution in [0.5, 0.6) is 0 Å². The molecule has 0 bridgehead atoms. The van der Waals surface area contributed by atoms with Gasteiger partial charge >= 0.3 is 116 Å². The normalized spacial score (nSPS) is 10.8. The number of carbonyl (C=O) groups is 1. The summed E-state index contributed by atoms with van der Waals surface area (Å²) in [4.78, 5) is 11.0. The molecule has 0 heterocycles. The second-order valence-electron chi connectivity index (χ2n) is 3.49. The van der Waals surface area contributed by atoms with Gasteiger partial charge in [-0.1, -0.05) is 0 Å². The molecule has 0 aliphatic rings. The van der Waals surface area contributed by atoms with Crippen molar-refractivity contribution in [2.75, 3.05) is 4.65 Å². The van der Waals surface area contributed by atoms with Crippen LogP contribution in [0.1, 0.15) is 24.2 Å². The monoisotopic (exact) mass is 367 g/mol. The van der Waals surface area contributed by atoms with Crippen LogP contribution < -0.4 is 10.2 Å². The second kappa shape index (κ2) is 6.70. The molecule has 16 heavy (non-hydrogen) atoms. The van der Waals surface area contributed by atoms with E-state index in [-0.39, 0.29) is 5.91 Å². The molecule has 0 aliphatic carbocycles. The number of benzene rings is 1. The van der Waals surface area contributed by atoms with E-state index >= 15 is 0 Å². The zero-order chi connectivity index (χ0) is 12.1. The predicted octanol–water partition coefficient (Wildman–Crippen LogP) is 1.98. The number of hydrogen-bond acceptors (Lipinski definition) is 2. The van der Waals surface area contributed by atoms with Gasteiger partial charge in [0.25, 0.3) is 0 Å². The average Bonchev–Trinajstić information content (AvgIpc) is 2.19. The number of rotatable bonds is 5. The van der Waals surface area contributed by atoms with Gasteiger partial charge in [-0.3, -0.25) is 0 Å². The summed E-state index contributed by atoms with van der Waals surface area (Å²) in [5, 5.41) is 0.672. The molecule has 1 amide bonds. The first-order chi connectivity index (χ1) is 7.50. The molecular weight excluding hydrogens is 353 g/mol. The zero-order valence-corrected chi connectivity index (χ0v) is 13.3. The number of primary amides is 1. The first-order valence-corrected chi connectivity index (χ1v) is 8.75. The summed E-state index contributed by atoms with van der Waals surface area (Å²) in [5.74, 6) is -0.378. The Morgan fingerprint density at radius 3 is 2.75 bits per heavy atom. The van der Waals surface area contributed by atoms with E-state index in [1.807, 2.05) is 17.8 Å². The molecule has 0 aromatic heterocycles. The molecule has 1 rings (SSSR count). The molecule has 0 spiro atoms. The van der Waals surface area contributed by atoms with Crippen molar-refractivity contribution >= 4 is 53.0 Å². The van der Waals surface area contributed by atoms with Crippen LogP contribution in [0.3, 0.4) is 0 Å². The molecule has 5 heteroatoms. The van der Waals surface area contributed by atoms with Crippen molar-refractivity contribution in [1.82, 2.24) is 0 Å². The molecule has 0 saturated carbocycles. The van der Waals surface area contributed by atoms with Gasteiger partial charge in [-0.15, -0.1) is 0 Å². The minimum atomic E-state index is -0.378. The van der Waals surface area contributed by atoms with Gasteiger partial charge in [0.1, 0.15) is 0 Å². The third-order valence-electron chi connectivity index (χ3n) is 1.83. The van der Waals surface area contributed by atoms with E-state index in [4.69, 9.17) is 5.73 Å². The molecule has 2 nitrogen and oxygen atoms in total. The summed E-state index contributed by atoms with van der Waals surface area (Å²) in [5.41, 5.74) is 5.77. The molecule has 0 fully saturated rings. The van der Waals surface area contributed by atoms with Gasteiger partial charge in [-0.2, -0.15) is 0 Å². The Bertz CT molecular complexity index is 384. The van der Waals surface area contributed by atoms with E-state index < -0.39 is 0 Å².